The SMILES string of the molecule is C/N=C(/c1cc(Br)ccc1N)C(C)C. The topological polar surface area (TPSA) is 38.4 Å². The molecule has 2 N–H and O–H groups in total. The summed E-state index contributed by atoms with van der Waals surface area (Å²) in [6, 6.07) is 5.84. The van der Waals surface area contributed by atoms with Crippen molar-refractivity contribution in [3.05, 3.63) is 28.2 Å². The van der Waals surface area contributed by atoms with Gasteiger partial charge in [-0.15, -0.1) is 0 Å². The van der Waals surface area contributed by atoms with Crippen molar-refractivity contribution in [1.82, 2.24) is 0 Å². The van der Waals surface area contributed by atoms with E-state index in [1.54, 1.807) is 7.05 Å². The molecule has 1 aromatic carbocycles. The Morgan fingerprint density at radius 1 is 1.43 bits per heavy atom. The first-order valence-corrected chi connectivity index (χ1v) is 5.37. The van der Waals surface area contributed by atoms with Gasteiger partial charge >= 0.3 is 0 Å². The molecular weight excluding hydrogens is 240 g/mol. The molecule has 0 saturated carbocycles. The molecule has 0 atom stereocenters. The molecule has 1 rings (SSSR count). The van der Waals surface area contributed by atoms with Gasteiger partial charge < -0.3 is 5.73 Å². The average molecular weight is 255 g/mol. The molecule has 0 spiro atoms. The van der Waals surface area contributed by atoms with Gasteiger partial charge in [0.15, 0.2) is 0 Å². The normalized spacial score (nSPS) is 12.2. The van der Waals surface area contributed by atoms with Crippen molar-refractivity contribution in [2.24, 2.45) is 10.9 Å². The van der Waals surface area contributed by atoms with Crippen LogP contribution in [0.1, 0.15) is 19.4 Å². The molecule has 0 radical (unpaired) electrons. The summed E-state index contributed by atoms with van der Waals surface area (Å²) in [5, 5.41) is 0. The lowest BCUT2D eigenvalue weighted by Crippen LogP contribution is -2.11. The summed E-state index contributed by atoms with van der Waals surface area (Å²) in [4.78, 5) is 4.28. The number of aliphatic imine (C=N–C) groups is 1. The van der Waals surface area contributed by atoms with Crippen molar-refractivity contribution >= 4 is 27.3 Å². The molecule has 0 fully saturated rings. The van der Waals surface area contributed by atoms with E-state index in [-0.39, 0.29) is 0 Å². The Morgan fingerprint density at radius 3 is 2.57 bits per heavy atom. The van der Waals surface area contributed by atoms with E-state index in [2.05, 4.69) is 34.8 Å². The van der Waals surface area contributed by atoms with Crippen molar-refractivity contribution in [2.45, 2.75) is 13.8 Å². The molecule has 0 unspecified atom stereocenters. The van der Waals surface area contributed by atoms with Crippen LogP contribution in [-0.2, 0) is 0 Å². The summed E-state index contributed by atoms with van der Waals surface area (Å²) < 4.78 is 1.03. The van der Waals surface area contributed by atoms with Gasteiger partial charge in [0.2, 0.25) is 0 Å². The number of nitrogen functional groups attached to an aromatic ring is 1. The van der Waals surface area contributed by atoms with Crippen LogP contribution in [-0.4, -0.2) is 12.8 Å². The highest BCUT2D eigenvalue weighted by molar-refractivity contribution is 9.10. The van der Waals surface area contributed by atoms with Crippen LogP contribution in [0.5, 0.6) is 0 Å². The molecule has 0 saturated heterocycles. The lowest BCUT2D eigenvalue weighted by molar-refractivity contribution is 0.882. The van der Waals surface area contributed by atoms with Gasteiger partial charge in [-0.05, 0) is 24.1 Å². The highest BCUT2D eigenvalue weighted by Gasteiger charge is 2.10. The Bertz CT molecular complexity index is 356. The van der Waals surface area contributed by atoms with Gasteiger partial charge in [-0.25, -0.2) is 0 Å². The fourth-order valence-corrected chi connectivity index (χ4v) is 1.80. The molecule has 0 amide bonds. The molecule has 0 aliphatic carbocycles. The maximum Gasteiger partial charge on any atom is 0.0463 e. The summed E-state index contributed by atoms with van der Waals surface area (Å²) in [5.74, 6) is 0.386. The second-order valence-corrected chi connectivity index (χ2v) is 4.41. The van der Waals surface area contributed by atoms with Gasteiger partial charge in [0, 0.05) is 28.5 Å². The number of rotatable bonds is 2. The number of hydrogen-bond donors (Lipinski definition) is 1. The molecule has 0 aromatic heterocycles. The lowest BCUT2D eigenvalue weighted by atomic mass is 9.98. The number of anilines is 1. The summed E-state index contributed by atoms with van der Waals surface area (Å²) in [6.45, 7) is 4.23. The summed E-state index contributed by atoms with van der Waals surface area (Å²) >= 11 is 3.43. The zero-order chi connectivity index (χ0) is 10.7. The van der Waals surface area contributed by atoms with Gasteiger partial charge in [-0.1, -0.05) is 29.8 Å². The monoisotopic (exact) mass is 254 g/mol. The highest BCUT2D eigenvalue weighted by atomic mass is 79.9. The van der Waals surface area contributed by atoms with Crippen molar-refractivity contribution in [3.8, 4) is 0 Å². The zero-order valence-electron chi connectivity index (χ0n) is 8.71. The molecule has 76 valence electrons. The van der Waals surface area contributed by atoms with Crippen molar-refractivity contribution in [2.75, 3.05) is 12.8 Å². The van der Waals surface area contributed by atoms with E-state index in [0.29, 0.717) is 5.92 Å². The Labute approximate surface area is 93.4 Å². The standard InChI is InChI=1S/C11H15BrN2/c1-7(2)11(14-3)9-6-8(12)4-5-10(9)13/h4-7H,13H2,1-3H3/b14-11+. The molecule has 0 aliphatic rings. The minimum absolute atomic E-state index is 0.386. The van der Waals surface area contributed by atoms with E-state index >= 15 is 0 Å². The zero-order valence-corrected chi connectivity index (χ0v) is 10.3. The fraction of sp³-hybridized carbons (Fsp3) is 0.364. The molecule has 2 nitrogen and oxygen atoms in total. The minimum atomic E-state index is 0.386. The van der Waals surface area contributed by atoms with Crippen LogP contribution in [0.3, 0.4) is 0 Å². The summed E-state index contributed by atoms with van der Waals surface area (Å²) in [5.41, 5.74) is 8.75. The molecule has 14 heavy (non-hydrogen) atoms. The predicted molar refractivity (Wildman–Crippen MR) is 65.9 cm³/mol. The van der Waals surface area contributed by atoms with Gasteiger partial charge in [0.1, 0.15) is 0 Å². The largest absolute Gasteiger partial charge is 0.398 e. The second kappa shape index (κ2) is 4.60. The van der Waals surface area contributed by atoms with Gasteiger partial charge in [0.05, 0.1) is 0 Å². The molecule has 3 heteroatoms. The minimum Gasteiger partial charge on any atom is -0.398 e. The van der Waals surface area contributed by atoms with E-state index < -0.39 is 0 Å². The quantitative estimate of drug-likeness (QED) is 0.640. The van der Waals surface area contributed by atoms with Crippen molar-refractivity contribution < 1.29 is 0 Å². The van der Waals surface area contributed by atoms with Gasteiger partial charge in [-0.2, -0.15) is 0 Å². The predicted octanol–water partition coefficient (Wildman–Crippen LogP) is 3.11. The number of halogens is 1. The molecule has 1 aromatic rings. The Morgan fingerprint density at radius 2 is 2.07 bits per heavy atom. The lowest BCUT2D eigenvalue weighted by Gasteiger charge is -2.12. The maximum atomic E-state index is 5.90. The highest BCUT2D eigenvalue weighted by Crippen LogP contribution is 2.21. The molecular formula is C11H15BrN2. The number of nitrogens with zero attached hydrogens (tertiary/aromatic N) is 1. The van der Waals surface area contributed by atoms with Crippen LogP contribution in [0.15, 0.2) is 27.7 Å². The molecule has 0 heterocycles. The Kier molecular flexibility index (Phi) is 3.69. The third kappa shape index (κ3) is 2.35. The smallest absolute Gasteiger partial charge is 0.0463 e. The molecule has 0 bridgehead atoms. The Hall–Kier alpha value is -0.830. The van der Waals surface area contributed by atoms with Crippen LogP contribution in [0.25, 0.3) is 0 Å². The van der Waals surface area contributed by atoms with E-state index in [1.807, 2.05) is 18.2 Å². The third-order valence-electron chi connectivity index (χ3n) is 2.08. The van der Waals surface area contributed by atoms with Crippen LogP contribution in [0.4, 0.5) is 5.69 Å². The van der Waals surface area contributed by atoms with Crippen molar-refractivity contribution in [1.29, 1.82) is 0 Å². The Balaban J connectivity index is 3.23. The van der Waals surface area contributed by atoms with Gasteiger partial charge in [0.25, 0.3) is 0 Å². The fourth-order valence-electron chi connectivity index (χ4n) is 1.44. The summed E-state index contributed by atoms with van der Waals surface area (Å²) in [7, 11) is 1.80. The van der Waals surface area contributed by atoms with E-state index in [9.17, 15) is 0 Å². The maximum absolute atomic E-state index is 5.90. The number of benzene rings is 1. The average Bonchev–Trinajstić information content (AvgIpc) is 2.11. The third-order valence-corrected chi connectivity index (χ3v) is 2.57. The first-order chi connectivity index (χ1) is 6.56. The van der Waals surface area contributed by atoms with Crippen LogP contribution in [0, 0.1) is 5.92 Å². The van der Waals surface area contributed by atoms with E-state index in [0.717, 1.165) is 21.4 Å². The first kappa shape index (κ1) is 11.2. The van der Waals surface area contributed by atoms with Gasteiger partial charge in [-0.3, -0.25) is 4.99 Å². The van der Waals surface area contributed by atoms with Crippen LogP contribution in [0.2, 0.25) is 0 Å². The van der Waals surface area contributed by atoms with Crippen LogP contribution < -0.4 is 5.73 Å². The second-order valence-electron chi connectivity index (χ2n) is 3.50. The van der Waals surface area contributed by atoms with E-state index in [1.165, 1.54) is 0 Å². The van der Waals surface area contributed by atoms with Crippen molar-refractivity contribution in [3.63, 3.8) is 0 Å². The number of nitrogens with two attached hydrogens (primary N) is 1. The first-order valence-electron chi connectivity index (χ1n) is 4.58. The summed E-state index contributed by atoms with van der Waals surface area (Å²) in [6.07, 6.45) is 0. The number of hydrogen-bond acceptors (Lipinski definition) is 2. The molecule has 0 aliphatic heterocycles. The van der Waals surface area contributed by atoms with E-state index in [4.69, 9.17) is 5.73 Å². The van der Waals surface area contributed by atoms with Crippen LogP contribution >= 0.6 is 15.9 Å².